The molecule has 0 radical (unpaired) electrons. The van der Waals surface area contributed by atoms with E-state index in [0.29, 0.717) is 26.1 Å². The quantitative estimate of drug-likeness (QED) is 0.586. The van der Waals surface area contributed by atoms with Gasteiger partial charge in [0.15, 0.2) is 0 Å². The smallest absolute Gasteiger partial charge is 0.236 e. The first-order chi connectivity index (χ1) is 7.99. The van der Waals surface area contributed by atoms with Gasteiger partial charge >= 0.3 is 0 Å². The summed E-state index contributed by atoms with van der Waals surface area (Å²) in [5.41, 5.74) is 0. The van der Waals surface area contributed by atoms with Crippen molar-refractivity contribution >= 4 is 15.9 Å². The number of nitrogens with one attached hydrogen (secondary N) is 2. The lowest BCUT2D eigenvalue weighted by Crippen LogP contribution is -2.37. The minimum Gasteiger partial charge on any atom is -0.342 e. The summed E-state index contributed by atoms with van der Waals surface area (Å²) in [7, 11) is -3.09. The maximum atomic E-state index is 11.6. The van der Waals surface area contributed by atoms with E-state index in [4.69, 9.17) is 0 Å². The largest absolute Gasteiger partial charge is 0.342 e. The van der Waals surface area contributed by atoms with Gasteiger partial charge in [0.05, 0.1) is 12.8 Å². The molecule has 1 saturated heterocycles. The van der Waals surface area contributed by atoms with Crippen molar-refractivity contribution in [3.63, 3.8) is 0 Å². The van der Waals surface area contributed by atoms with Crippen molar-refractivity contribution < 1.29 is 13.2 Å². The molecule has 0 aromatic carbocycles. The van der Waals surface area contributed by atoms with E-state index in [1.54, 1.807) is 0 Å². The zero-order valence-corrected chi connectivity index (χ0v) is 11.1. The first kappa shape index (κ1) is 14.4. The molecule has 1 rings (SSSR count). The van der Waals surface area contributed by atoms with Crippen molar-refractivity contribution in [2.75, 3.05) is 39.0 Å². The van der Waals surface area contributed by atoms with Crippen LogP contribution in [0, 0.1) is 0 Å². The number of rotatable bonds is 7. The molecule has 0 aliphatic carbocycles. The van der Waals surface area contributed by atoms with Crippen LogP contribution in [0.5, 0.6) is 0 Å². The zero-order chi connectivity index (χ0) is 12.7. The molecule has 0 atom stereocenters. The molecule has 0 bridgehead atoms. The minimum absolute atomic E-state index is 0.138. The van der Waals surface area contributed by atoms with E-state index >= 15 is 0 Å². The SMILES string of the molecule is CS(=O)(=O)NCCCNCC(=O)N1CCCC1. The van der Waals surface area contributed by atoms with Gasteiger partial charge in [-0.15, -0.1) is 0 Å². The molecular formula is C10H21N3O3S. The van der Waals surface area contributed by atoms with E-state index in [-0.39, 0.29) is 5.91 Å². The van der Waals surface area contributed by atoms with Crippen LogP contribution >= 0.6 is 0 Å². The number of hydrogen-bond donors (Lipinski definition) is 2. The van der Waals surface area contributed by atoms with Gasteiger partial charge in [-0.2, -0.15) is 0 Å². The second kappa shape index (κ2) is 6.93. The summed E-state index contributed by atoms with van der Waals surface area (Å²) >= 11 is 0. The predicted molar refractivity (Wildman–Crippen MR) is 66.1 cm³/mol. The Morgan fingerprint density at radius 1 is 1.24 bits per heavy atom. The average molecular weight is 263 g/mol. The first-order valence-corrected chi connectivity index (χ1v) is 7.81. The molecule has 17 heavy (non-hydrogen) atoms. The lowest BCUT2D eigenvalue weighted by Gasteiger charge is -2.15. The van der Waals surface area contributed by atoms with Crippen molar-refractivity contribution in [2.45, 2.75) is 19.3 Å². The van der Waals surface area contributed by atoms with Gasteiger partial charge in [-0.1, -0.05) is 0 Å². The van der Waals surface area contributed by atoms with Crippen LogP contribution < -0.4 is 10.0 Å². The lowest BCUT2D eigenvalue weighted by molar-refractivity contribution is -0.129. The number of sulfonamides is 1. The second-order valence-electron chi connectivity index (χ2n) is 4.28. The highest BCUT2D eigenvalue weighted by atomic mass is 32.2. The van der Waals surface area contributed by atoms with Crippen molar-refractivity contribution in [3.05, 3.63) is 0 Å². The van der Waals surface area contributed by atoms with Gasteiger partial charge in [0, 0.05) is 19.6 Å². The summed E-state index contributed by atoms with van der Waals surface area (Å²) in [6, 6.07) is 0. The fourth-order valence-corrected chi connectivity index (χ4v) is 2.26. The summed E-state index contributed by atoms with van der Waals surface area (Å²) in [5.74, 6) is 0.138. The molecule has 0 spiro atoms. The van der Waals surface area contributed by atoms with E-state index in [9.17, 15) is 13.2 Å². The summed E-state index contributed by atoms with van der Waals surface area (Å²) < 4.78 is 23.9. The fraction of sp³-hybridized carbons (Fsp3) is 0.900. The third-order valence-electron chi connectivity index (χ3n) is 2.63. The molecule has 2 N–H and O–H groups in total. The maximum Gasteiger partial charge on any atom is 0.236 e. The Kier molecular flexibility index (Phi) is 5.87. The molecule has 1 aliphatic rings. The molecule has 0 aromatic rings. The molecule has 0 aromatic heterocycles. The van der Waals surface area contributed by atoms with Crippen LogP contribution in [0.4, 0.5) is 0 Å². The van der Waals surface area contributed by atoms with E-state index in [1.807, 2.05) is 4.90 Å². The zero-order valence-electron chi connectivity index (χ0n) is 10.2. The second-order valence-corrected chi connectivity index (χ2v) is 6.12. The van der Waals surface area contributed by atoms with E-state index in [1.165, 1.54) is 0 Å². The van der Waals surface area contributed by atoms with Gasteiger partial charge in [0.1, 0.15) is 0 Å². The molecule has 1 fully saturated rings. The summed E-state index contributed by atoms with van der Waals surface area (Å²) in [4.78, 5) is 13.5. The number of nitrogens with zero attached hydrogens (tertiary/aromatic N) is 1. The Labute approximate surface area is 103 Å². The van der Waals surface area contributed by atoms with Gasteiger partial charge < -0.3 is 10.2 Å². The van der Waals surface area contributed by atoms with E-state index in [0.717, 1.165) is 32.2 Å². The number of carbonyl (C=O) groups is 1. The third kappa shape index (κ3) is 6.60. The monoisotopic (exact) mass is 263 g/mol. The van der Waals surface area contributed by atoms with Gasteiger partial charge in [-0.05, 0) is 25.8 Å². The molecule has 0 unspecified atom stereocenters. The van der Waals surface area contributed by atoms with Gasteiger partial charge in [-0.25, -0.2) is 13.1 Å². The highest BCUT2D eigenvalue weighted by Gasteiger charge is 2.16. The van der Waals surface area contributed by atoms with Crippen molar-refractivity contribution in [1.82, 2.24) is 14.9 Å². The van der Waals surface area contributed by atoms with Gasteiger partial charge in [0.25, 0.3) is 0 Å². The standard InChI is InChI=1S/C10H21N3O3S/c1-17(15,16)12-6-4-5-11-9-10(14)13-7-2-3-8-13/h11-12H,2-9H2,1H3. The van der Waals surface area contributed by atoms with Crippen molar-refractivity contribution in [3.8, 4) is 0 Å². The third-order valence-corrected chi connectivity index (χ3v) is 3.36. The van der Waals surface area contributed by atoms with Crippen LogP contribution in [0.1, 0.15) is 19.3 Å². The molecule has 0 saturated carbocycles. The van der Waals surface area contributed by atoms with Crippen molar-refractivity contribution in [1.29, 1.82) is 0 Å². The van der Waals surface area contributed by atoms with Crippen LogP contribution in [0.25, 0.3) is 0 Å². The highest BCUT2D eigenvalue weighted by molar-refractivity contribution is 7.88. The van der Waals surface area contributed by atoms with E-state index < -0.39 is 10.0 Å². The van der Waals surface area contributed by atoms with Crippen LogP contribution in [0.2, 0.25) is 0 Å². The molecule has 1 heterocycles. The van der Waals surface area contributed by atoms with Crippen LogP contribution in [0.15, 0.2) is 0 Å². The Bertz CT molecular complexity index is 337. The molecule has 1 aliphatic heterocycles. The molecular weight excluding hydrogens is 242 g/mol. The van der Waals surface area contributed by atoms with Crippen LogP contribution in [-0.2, 0) is 14.8 Å². The van der Waals surface area contributed by atoms with E-state index in [2.05, 4.69) is 10.0 Å². The summed E-state index contributed by atoms with van der Waals surface area (Å²) in [6.07, 6.45) is 4.02. The van der Waals surface area contributed by atoms with Crippen LogP contribution in [0.3, 0.4) is 0 Å². The summed E-state index contributed by atoms with van der Waals surface area (Å²) in [6.45, 7) is 3.14. The number of likely N-dealkylation sites (tertiary alicyclic amines) is 1. The average Bonchev–Trinajstić information content (AvgIpc) is 2.74. The van der Waals surface area contributed by atoms with Crippen molar-refractivity contribution in [2.24, 2.45) is 0 Å². The molecule has 7 heteroatoms. The van der Waals surface area contributed by atoms with Crippen LogP contribution in [-0.4, -0.2) is 58.2 Å². The van der Waals surface area contributed by atoms with Gasteiger partial charge in [-0.3, -0.25) is 4.79 Å². The number of amides is 1. The number of hydrogen-bond acceptors (Lipinski definition) is 4. The fourth-order valence-electron chi connectivity index (χ4n) is 1.74. The Morgan fingerprint density at radius 2 is 1.88 bits per heavy atom. The minimum atomic E-state index is -3.09. The summed E-state index contributed by atoms with van der Waals surface area (Å²) in [5, 5.41) is 3.02. The topological polar surface area (TPSA) is 78.5 Å². The molecule has 6 nitrogen and oxygen atoms in total. The highest BCUT2D eigenvalue weighted by Crippen LogP contribution is 2.06. The normalized spacial score (nSPS) is 16.4. The van der Waals surface area contributed by atoms with Gasteiger partial charge in [0.2, 0.25) is 15.9 Å². The lowest BCUT2D eigenvalue weighted by atomic mass is 10.4. The molecule has 100 valence electrons. The first-order valence-electron chi connectivity index (χ1n) is 5.92. The predicted octanol–water partition coefficient (Wildman–Crippen LogP) is -0.862. The number of carbonyl (C=O) groups excluding carboxylic acids is 1. The Morgan fingerprint density at radius 3 is 2.47 bits per heavy atom. The maximum absolute atomic E-state index is 11.6. The Balaban J connectivity index is 1.98. The Hall–Kier alpha value is -0.660. The molecule has 1 amide bonds.